The molecule has 0 unspecified atom stereocenters. The Morgan fingerprint density at radius 1 is 1.32 bits per heavy atom. The van der Waals surface area contributed by atoms with E-state index < -0.39 is 0 Å². The van der Waals surface area contributed by atoms with Crippen molar-refractivity contribution in [2.75, 3.05) is 19.6 Å². The Bertz CT molecular complexity index is 448. The fraction of sp³-hybridized carbons (Fsp3) is 0.438. The Balaban J connectivity index is 1.69. The highest BCUT2D eigenvalue weighted by atomic mass is 16.1. The van der Waals surface area contributed by atoms with Crippen LogP contribution in [0.5, 0.6) is 0 Å². The number of hydrogen-bond acceptors (Lipinski definition) is 2. The van der Waals surface area contributed by atoms with Crippen LogP contribution in [0.2, 0.25) is 0 Å². The van der Waals surface area contributed by atoms with Gasteiger partial charge in [-0.2, -0.15) is 0 Å². The second-order valence-corrected chi connectivity index (χ2v) is 5.08. The first-order valence-electron chi connectivity index (χ1n) is 6.95. The average Bonchev–Trinajstić information content (AvgIpc) is 2.43. The van der Waals surface area contributed by atoms with Crippen LogP contribution in [0.1, 0.15) is 24.0 Å². The molecule has 102 valence electrons. The van der Waals surface area contributed by atoms with Crippen LogP contribution in [0.3, 0.4) is 0 Å². The summed E-state index contributed by atoms with van der Waals surface area (Å²) < 4.78 is 0. The molecule has 1 aliphatic heterocycles. The average molecular weight is 258 g/mol. The van der Waals surface area contributed by atoms with Crippen molar-refractivity contribution in [3.05, 3.63) is 47.0 Å². The number of nitrogens with one attached hydrogen (secondary N) is 2. The zero-order chi connectivity index (χ0) is 13.5. The lowest BCUT2D eigenvalue weighted by Gasteiger charge is -2.14. The Kier molecular flexibility index (Phi) is 5.16. The third-order valence-electron chi connectivity index (χ3n) is 3.41. The van der Waals surface area contributed by atoms with Crippen LogP contribution in [-0.4, -0.2) is 25.5 Å². The molecule has 0 radical (unpaired) electrons. The molecule has 0 aliphatic carbocycles. The smallest absolute Gasteiger partial charge is 0.224 e. The molecule has 1 aliphatic rings. The predicted octanol–water partition coefficient (Wildman–Crippen LogP) is 1.96. The van der Waals surface area contributed by atoms with Gasteiger partial charge in [-0.25, -0.2) is 0 Å². The van der Waals surface area contributed by atoms with Crippen molar-refractivity contribution in [2.24, 2.45) is 0 Å². The van der Waals surface area contributed by atoms with Crippen LogP contribution in [0, 0.1) is 6.92 Å². The Morgan fingerprint density at radius 3 is 2.79 bits per heavy atom. The van der Waals surface area contributed by atoms with Crippen LogP contribution < -0.4 is 10.6 Å². The summed E-state index contributed by atoms with van der Waals surface area (Å²) in [4.78, 5) is 11.8. The van der Waals surface area contributed by atoms with Crippen molar-refractivity contribution in [2.45, 2.75) is 26.2 Å². The maximum atomic E-state index is 11.8. The topological polar surface area (TPSA) is 41.1 Å². The number of carbonyl (C=O) groups is 1. The summed E-state index contributed by atoms with van der Waals surface area (Å²) in [7, 11) is 0. The first kappa shape index (κ1) is 13.8. The Labute approximate surface area is 115 Å². The summed E-state index contributed by atoms with van der Waals surface area (Å²) in [5.41, 5.74) is 3.75. The zero-order valence-electron chi connectivity index (χ0n) is 11.5. The molecule has 3 nitrogen and oxygen atoms in total. The second kappa shape index (κ2) is 7.10. The molecule has 2 N–H and O–H groups in total. The van der Waals surface area contributed by atoms with E-state index in [0.29, 0.717) is 6.42 Å². The molecule has 0 bridgehead atoms. The monoisotopic (exact) mass is 258 g/mol. The maximum Gasteiger partial charge on any atom is 0.224 e. The molecule has 19 heavy (non-hydrogen) atoms. The molecule has 1 aromatic rings. The van der Waals surface area contributed by atoms with Gasteiger partial charge in [-0.15, -0.1) is 0 Å². The quantitative estimate of drug-likeness (QED) is 0.793. The Morgan fingerprint density at radius 2 is 2.11 bits per heavy atom. The minimum Gasteiger partial charge on any atom is -0.355 e. The van der Waals surface area contributed by atoms with Crippen molar-refractivity contribution >= 4 is 5.91 Å². The van der Waals surface area contributed by atoms with Crippen molar-refractivity contribution < 1.29 is 4.79 Å². The van der Waals surface area contributed by atoms with Gasteiger partial charge < -0.3 is 10.6 Å². The highest BCUT2D eigenvalue weighted by Crippen LogP contribution is 2.08. The van der Waals surface area contributed by atoms with Gasteiger partial charge in [-0.3, -0.25) is 4.79 Å². The zero-order valence-corrected chi connectivity index (χ0v) is 11.5. The summed E-state index contributed by atoms with van der Waals surface area (Å²) in [5.74, 6) is 0.110. The van der Waals surface area contributed by atoms with Crippen LogP contribution in [-0.2, 0) is 11.2 Å². The molecular formula is C16H22N2O. The molecule has 2 rings (SSSR count). The van der Waals surface area contributed by atoms with Gasteiger partial charge in [0.2, 0.25) is 5.91 Å². The predicted molar refractivity (Wildman–Crippen MR) is 78.1 cm³/mol. The summed E-state index contributed by atoms with van der Waals surface area (Å²) in [6, 6.07) is 8.12. The summed E-state index contributed by atoms with van der Waals surface area (Å²) in [6.45, 7) is 4.82. The highest BCUT2D eigenvalue weighted by Gasteiger charge is 2.05. The molecule has 0 saturated heterocycles. The number of aryl methyl sites for hydroxylation is 1. The standard InChI is InChI=1S/C16H22N2O/c1-13-2-4-15(5-3-13)12-16(19)18-11-8-14-6-9-17-10-7-14/h2-6,17H,7-12H2,1H3,(H,18,19). The number of benzene rings is 1. The van der Waals surface area contributed by atoms with E-state index in [1.807, 2.05) is 24.3 Å². The largest absolute Gasteiger partial charge is 0.355 e. The van der Waals surface area contributed by atoms with Gasteiger partial charge in [0.1, 0.15) is 0 Å². The van der Waals surface area contributed by atoms with E-state index in [1.54, 1.807) is 0 Å². The SMILES string of the molecule is Cc1ccc(CC(=O)NCCC2=CCNCC2)cc1. The summed E-state index contributed by atoms with van der Waals surface area (Å²) >= 11 is 0. The lowest BCUT2D eigenvalue weighted by Crippen LogP contribution is -2.27. The first-order valence-corrected chi connectivity index (χ1v) is 6.95. The number of hydrogen-bond donors (Lipinski definition) is 2. The highest BCUT2D eigenvalue weighted by molar-refractivity contribution is 5.78. The van der Waals surface area contributed by atoms with E-state index in [4.69, 9.17) is 0 Å². The first-order chi connectivity index (χ1) is 9.24. The van der Waals surface area contributed by atoms with E-state index in [-0.39, 0.29) is 5.91 Å². The van der Waals surface area contributed by atoms with E-state index in [2.05, 4.69) is 23.6 Å². The van der Waals surface area contributed by atoms with Crippen molar-refractivity contribution in [1.29, 1.82) is 0 Å². The van der Waals surface area contributed by atoms with Crippen molar-refractivity contribution in [3.8, 4) is 0 Å². The lowest BCUT2D eigenvalue weighted by atomic mass is 10.1. The van der Waals surface area contributed by atoms with E-state index in [0.717, 1.165) is 38.0 Å². The maximum absolute atomic E-state index is 11.8. The Hall–Kier alpha value is -1.61. The van der Waals surface area contributed by atoms with Crippen molar-refractivity contribution in [3.63, 3.8) is 0 Å². The number of carbonyl (C=O) groups excluding carboxylic acids is 1. The molecule has 0 fully saturated rings. The van der Waals surface area contributed by atoms with Gasteiger partial charge in [0, 0.05) is 13.1 Å². The van der Waals surface area contributed by atoms with Gasteiger partial charge in [-0.05, 0) is 31.9 Å². The van der Waals surface area contributed by atoms with Crippen LogP contribution in [0.25, 0.3) is 0 Å². The van der Waals surface area contributed by atoms with Crippen LogP contribution in [0.15, 0.2) is 35.9 Å². The molecular weight excluding hydrogens is 236 g/mol. The van der Waals surface area contributed by atoms with Gasteiger partial charge in [0.25, 0.3) is 0 Å². The molecule has 0 saturated carbocycles. The molecule has 3 heteroatoms. The van der Waals surface area contributed by atoms with Gasteiger partial charge in [0.15, 0.2) is 0 Å². The molecule has 0 spiro atoms. The van der Waals surface area contributed by atoms with Crippen LogP contribution in [0.4, 0.5) is 0 Å². The third kappa shape index (κ3) is 4.87. The summed E-state index contributed by atoms with van der Waals surface area (Å²) in [6.07, 6.45) is 4.78. The van der Waals surface area contributed by atoms with E-state index in [9.17, 15) is 4.79 Å². The van der Waals surface area contributed by atoms with Crippen molar-refractivity contribution in [1.82, 2.24) is 10.6 Å². The van der Waals surface area contributed by atoms with E-state index in [1.165, 1.54) is 11.1 Å². The second-order valence-electron chi connectivity index (χ2n) is 5.08. The minimum atomic E-state index is 0.110. The fourth-order valence-corrected chi connectivity index (χ4v) is 2.21. The molecule has 1 amide bonds. The van der Waals surface area contributed by atoms with E-state index >= 15 is 0 Å². The van der Waals surface area contributed by atoms with Gasteiger partial charge in [-0.1, -0.05) is 41.5 Å². The number of amides is 1. The number of rotatable bonds is 5. The van der Waals surface area contributed by atoms with Crippen LogP contribution >= 0.6 is 0 Å². The third-order valence-corrected chi connectivity index (χ3v) is 3.41. The molecule has 1 heterocycles. The fourth-order valence-electron chi connectivity index (χ4n) is 2.21. The van der Waals surface area contributed by atoms with Gasteiger partial charge in [0.05, 0.1) is 6.42 Å². The molecule has 0 atom stereocenters. The molecule has 1 aromatic carbocycles. The summed E-state index contributed by atoms with van der Waals surface area (Å²) in [5, 5.41) is 6.28. The molecule has 0 aromatic heterocycles. The van der Waals surface area contributed by atoms with Gasteiger partial charge >= 0.3 is 0 Å². The normalized spacial score (nSPS) is 14.9. The minimum absolute atomic E-state index is 0.110. The lowest BCUT2D eigenvalue weighted by molar-refractivity contribution is -0.120.